The van der Waals surface area contributed by atoms with Crippen molar-refractivity contribution >= 4 is 5.69 Å². The Bertz CT molecular complexity index is 797. The van der Waals surface area contributed by atoms with Gasteiger partial charge in [0.2, 0.25) is 0 Å². The molecule has 0 amide bonds. The number of benzene rings is 1. The quantitative estimate of drug-likeness (QED) is 0.349. The minimum atomic E-state index is 0.443. The van der Waals surface area contributed by atoms with E-state index in [1.807, 2.05) is 6.08 Å². The van der Waals surface area contributed by atoms with Crippen LogP contribution in [-0.4, -0.2) is 18.0 Å². The minimum absolute atomic E-state index is 0.443. The molecule has 2 nitrogen and oxygen atoms in total. The molecule has 2 unspecified atom stereocenters. The van der Waals surface area contributed by atoms with Crippen LogP contribution in [0.3, 0.4) is 0 Å². The van der Waals surface area contributed by atoms with Crippen molar-refractivity contribution in [2.45, 2.75) is 66.7 Å². The van der Waals surface area contributed by atoms with Gasteiger partial charge in [-0.1, -0.05) is 44.2 Å². The van der Waals surface area contributed by atoms with Gasteiger partial charge >= 0.3 is 0 Å². The smallest absolute Gasteiger partial charge is 0.0414 e. The largest absolute Gasteiger partial charge is 0.371 e. The summed E-state index contributed by atoms with van der Waals surface area (Å²) in [4.78, 5) is 2.47. The molecule has 1 aliphatic heterocycles. The number of rotatable bonds is 9. The zero-order valence-corrected chi connectivity index (χ0v) is 19.4. The van der Waals surface area contributed by atoms with Crippen molar-refractivity contribution in [3.05, 3.63) is 77.2 Å². The molecule has 158 valence electrons. The fourth-order valence-corrected chi connectivity index (χ4v) is 4.55. The summed E-state index contributed by atoms with van der Waals surface area (Å²) >= 11 is 0. The van der Waals surface area contributed by atoms with Gasteiger partial charge < -0.3 is 10.2 Å². The van der Waals surface area contributed by atoms with Crippen LogP contribution in [0.2, 0.25) is 0 Å². The maximum atomic E-state index is 4.09. The molecule has 1 aromatic rings. The second kappa shape index (κ2) is 10.5. The summed E-state index contributed by atoms with van der Waals surface area (Å²) in [6, 6.07) is 4.81. The molecule has 0 radical (unpaired) electrons. The molecule has 2 heteroatoms. The van der Waals surface area contributed by atoms with Crippen LogP contribution >= 0.6 is 0 Å². The second-order valence-electron chi connectivity index (χ2n) is 8.50. The molecule has 0 saturated carbocycles. The van der Waals surface area contributed by atoms with Crippen molar-refractivity contribution in [1.82, 2.24) is 4.90 Å². The molecule has 1 saturated heterocycles. The van der Waals surface area contributed by atoms with Crippen LogP contribution in [-0.2, 0) is 6.42 Å². The molecular formula is C27H40N2. The molecule has 1 N–H and O–H groups in total. The van der Waals surface area contributed by atoms with E-state index < -0.39 is 0 Å². The molecule has 2 atom stereocenters. The van der Waals surface area contributed by atoms with E-state index in [-0.39, 0.29) is 0 Å². The third-order valence-corrected chi connectivity index (χ3v) is 6.14. The van der Waals surface area contributed by atoms with Gasteiger partial charge in [0.25, 0.3) is 0 Å². The van der Waals surface area contributed by atoms with Gasteiger partial charge in [0.05, 0.1) is 0 Å². The zero-order valence-electron chi connectivity index (χ0n) is 19.4. The fourth-order valence-electron chi connectivity index (χ4n) is 4.55. The monoisotopic (exact) mass is 392 g/mol. The molecule has 1 fully saturated rings. The van der Waals surface area contributed by atoms with Crippen LogP contribution in [0.25, 0.3) is 0 Å². The lowest BCUT2D eigenvalue weighted by atomic mass is 9.89. The van der Waals surface area contributed by atoms with Crippen molar-refractivity contribution in [3.63, 3.8) is 0 Å². The Labute approximate surface area is 179 Å². The highest BCUT2D eigenvalue weighted by Gasteiger charge is 2.26. The van der Waals surface area contributed by atoms with Crippen molar-refractivity contribution in [1.29, 1.82) is 0 Å². The number of nitrogens with one attached hydrogen (secondary N) is 1. The first-order valence-corrected chi connectivity index (χ1v) is 11.1. The Kier molecular flexibility index (Phi) is 8.37. The third-order valence-electron chi connectivity index (χ3n) is 6.14. The lowest BCUT2D eigenvalue weighted by Gasteiger charge is -2.24. The van der Waals surface area contributed by atoms with E-state index in [2.05, 4.69) is 89.2 Å². The average Bonchev–Trinajstić information content (AvgIpc) is 3.16. The van der Waals surface area contributed by atoms with Gasteiger partial charge in [-0.15, -0.1) is 6.58 Å². The number of likely N-dealkylation sites (tertiary alicyclic amines) is 1. The van der Waals surface area contributed by atoms with E-state index in [1.165, 1.54) is 45.8 Å². The molecule has 1 aromatic carbocycles. The summed E-state index contributed by atoms with van der Waals surface area (Å²) in [7, 11) is 0. The molecule has 0 bridgehead atoms. The predicted octanol–water partition coefficient (Wildman–Crippen LogP) is 7.35. The molecule has 1 aliphatic rings. The maximum Gasteiger partial charge on any atom is 0.0414 e. The normalized spacial score (nSPS) is 18.7. The maximum absolute atomic E-state index is 4.09. The molecule has 0 aliphatic carbocycles. The summed E-state index contributed by atoms with van der Waals surface area (Å²) in [5, 5.41) is 3.75. The number of aryl methyl sites for hydroxylation is 2. The average molecular weight is 393 g/mol. The van der Waals surface area contributed by atoms with Crippen LogP contribution < -0.4 is 5.32 Å². The number of hydrogen-bond acceptors (Lipinski definition) is 2. The molecule has 29 heavy (non-hydrogen) atoms. The topological polar surface area (TPSA) is 15.3 Å². The van der Waals surface area contributed by atoms with Crippen LogP contribution in [0, 0.1) is 12.8 Å². The van der Waals surface area contributed by atoms with E-state index in [9.17, 15) is 0 Å². The predicted molar refractivity (Wildman–Crippen MR) is 129 cm³/mol. The Hall–Kier alpha value is -2.22. The highest BCUT2D eigenvalue weighted by atomic mass is 15.2. The first-order chi connectivity index (χ1) is 13.8. The summed E-state index contributed by atoms with van der Waals surface area (Å²) < 4.78 is 0. The van der Waals surface area contributed by atoms with E-state index in [0.717, 1.165) is 25.9 Å². The summed E-state index contributed by atoms with van der Waals surface area (Å²) in [6.45, 7) is 23.3. The van der Waals surface area contributed by atoms with Crippen molar-refractivity contribution in [3.8, 4) is 0 Å². The number of nitrogens with zero attached hydrogens (tertiary/aromatic N) is 1. The second-order valence-corrected chi connectivity index (χ2v) is 8.50. The van der Waals surface area contributed by atoms with Crippen molar-refractivity contribution in [2.24, 2.45) is 5.92 Å². The van der Waals surface area contributed by atoms with Gasteiger partial charge in [-0.05, 0) is 81.7 Å². The lowest BCUT2D eigenvalue weighted by molar-refractivity contribution is 0.433. The molecular weight excluding hydrogens is 352 g/mol. The fraction of sp³-hybridized carbons (Fsp3) is 0.481. The summed E-state index contributed by atoms with van der Waals surface area (Å²) in [5.41, 5.74) is 9.31. The highest BCUT2D eigenvalue weighted by molar-refractivity contribution is 5.59. The molecule has 2 rings (SSSR count). The standard InChI is InChI=1S/C27H40N2/c1-9-22-16-21(8)27(28-26(12-4)20(7)15-19(5)6)17-25(22)23-13-14-29(18-23)24(10-2)11-3/h10-12,16-17,20,23,28H,2,5,9,13-15,18H2,1,3-4,6-8H3/b24-11-,26-12+. The summed E-state index contributed by atoms with van der Waals surface area (Å²) in [6.07, 6.45) is 9.64. The van der Waals surface area contributed by atoms with Gasteiger partial charge in [0, 0.05) is 36.1 Å². The van der Waals surface area contributed by atoms with E-state index in [1.54, 1.807) is 0 Å². The first-order valence-electron chi connectivity index (χ1n) is 11.1. The van der Waals surface area contributed by atoms with Crippen LogP contribution in [0.4, 0.5) is 5.69 Å². The number of hydrogen-bond donors (Lipinski definition) is 1. The third kappa shape index (κ3) is 5.65. The van der Waals surface area contributed by atoms with Crippen LogP contribution in [0.15, 0.2) is 60.5 Å². The Balaban J connectivity index is 2.31. The first kappa shape index (κ1) is 23.1. The zero-order chi connectivity index (χ0) is 21.6. The van der Waals surface area contributed by atoms with Crippen LogP contribution in [0.5, 0.6) is 0 Å². The molecule has 0 aromatic heterocycles. The highest BCUT2D eigenvalue weighted by Crippen LogP contribution is 2.35. The van der Waals surface area contributed by atoms with Gasteiger partial charge in [-0.3, -0.25) is 0 Å². The Morgan fingerprint density at radius 2 is 2.03 bits per heavy atom. The van der Waals surface area contributed by atoms with Crippen molar-refractivity contribution < 1.29 is 0 Å². The van der Waals surface area contributed by atoms with Gasteiger partial charge in [-0.25, -0.2) is 0 Å². The molecule has 0 spiro atoms. The molecule has 1 heterocycles. The summed E-state index contributed by atoms with van der Waals surface area (Å²) in [5.74, 6) is 1.01. The lowest BCUT2D eigenvalue weighted by Crippen LogP contribution is -2.18. The Morgan fingerprint density at radius 1 is 1.31 bits per heavy atom. The van der Waals surface area contributed by atoms with E-state index in [4.69, 9.17) is 0 Å². The Morgan fingerprint density at radius 3 is 2.59 bits per heavy atom. The van der Waals surface area contributed by atoms with Crippen molar-refractivity contribution in [2.75, 3.05) is 18.4 Å². The van der Waals surface area contributed by atoms with E-state index >= 15 is 0 Å². The van der Waals surface area contributed by atoms with Gasteiger partial charge in [0.15, 0.2) is 0 Å². The number of anilines is 1. The van der Waals surface area contributed by atoms with E-state index in [0.29, 0.717) is 11.8 Å². The number of allylic oxidation sites excluding steroid dienone is 5. The van der Waals surface area contributed by atoms with Gasteiger partial charge in [0.1, 0.15) is 0 Å². The van der Waals surface area contributed by atoms with Gasteiger partial charge in [-0.2, -0.15) is 0 Å². The SMILES string of the molecule is C=C/C(=C/C)N1CCC(c2cc(N/C(=C/C)C(C)CC(=C)C)c(C)cc2CC)C1. The van der Waals surface area contributed by atoms with Crippen LogP contribution in [0.1, 0.15) is 70.1 Å². The minimum Gasteiger partial charge on any atom is -0.371 e.